The van der Waals surface area contributed by atoms with Gasteiger partial charge in [0.15, 0.2) is 0 Å². The molecule has 0 aliphatic heterocycles. The number of benzene rings is 1. The van der Waals surface area contributed by atoms with E-state index in [4.69, 9.17) is 0 Å². The van der Waals surface area contributed by atoms with Crippen LogP contribution in [0.15, 0.2) is 24.3 Å². The molecule has 1 aromatic carbocycles. The van der Waals surface area contributed by atoms with E-state index in [-0.39, 0.29) is 5.91 Å². The van der Waals surface area contributed by atoms with E-state index in [0.29, 0.717) is 12.1 Å². The van der Waals surface area contributed by atoms with Crippen molar-refractivity contribution in [1.82, 2.24) is 5.32 Å². The maximum Gasteiger partial charge on any atom is 0.221 e. The lowest BCUT2D eigenvalue weighted by atomic mass is 9.79. The Bertz CT molecular complexity index is 486. The van der Waals surface area contributed by atoms with E-state index in [2.05, 4.69) is 43.5 Å². The van der Waals surface area contributed by atoms with Crippen LogP contribution in [0.5, 0.6) is 0 Å². The summed E-state index contributed by atoms with van der Waals surface area (Å²) in [6, 6.07) is 9.04. The first-order chi connectivity index (χ1) is 9.95. The monoisotopic (exact) mass is 288 g/mol. The molecule has 0 saturated heterocycles. The molecule has 1 fully saturated rings. The van der Waals surface area contributed by atoms with Crippen molar-refractivity contribution in [3.05, 3.63) is 29.8 Å². The largest absolute Gasteiger partial charge is 0.326 e. The van der Waals surface area contributed by atoms with E-state index in [9.17, 15) is 4.79 Å². The van der Waals surface area contributed by atoms with Gasteiger partial charge in [0.1, 0.15) is 0 Å². The van der Waals surface area contributed by atoms with Crippen molar-refractivity contribution in [1.29, 1.82) is 0 Å². The molecule has 1 saturated carbocycles. The third-order valence-corrected chi connectivity index (χ3v) is 4.79. The maximum atomic E-state index is 11.2. The fourth-order valence-corrected chi connectivity index (χ4v) is 3.24. The fraction of sp³-hybridized carbons (Fsp3) is 0.611. The molecule has 21 heavy (non-hydrogen) atoms. The average Bonchev–Trinajstić information content (AvgIpc) is 2.42. The van der Waals surface area contributed by atoms with E-state index in [1.54, 1.807) is 6.92 Å². The Labute approximate surface area is 128 Å². The van der Waals surface area contributed by atoms with Gasteiger partial charge < -0.3 is 10.6 Å². The molecule has 116 valence electrons. The van der Waals surface area contributed by atoms with Gasteiger partial charge in [-0.2, -0.15) is 0 Å². The minimum Gasteiger partial charge on any atom is -0.326 e. The van der Waals surface area contributed by atoms with Crippen LogP contribution in [0.2, 0.25) is 0 Å². The highest BCUT2D eigenvalue weighted by molar-refractivity contribution is 5.88. The van der Waals surface area contributed by atoms with Crippen LogP contribution < -0.4 is 10.6 Å². The number of rotatable bonds is 4. The first-order valence-corrected chi connectivity index (χ1v) is 8.09. The Hall–Kier alpha value is -1.35. The van der Waals surface area contributed by atoms with Gasteiger partial charge in [-0.25, -0.2) is 0 Å². The minimum atomic E-state index is -0.0251. The molecule has 4 unspecified atom stereocenters. The van der Waals surface area contributed by atoms with E-state index >= 15 is 0 Å². The van der Waals surface area contributed by atoms with Crippen molar-refractivity contribution in [3.8, 4) is 0 Å². The van der Waals surface area contributed by atoms with Crippen molar-refractivity contribution in [2.24, 2.45) is 11.8 Å². The molecule has 0 aromatic heterocycles. The van der Waals surface area contributed by atoms with Crippen LogP contribution in [0.3, 0.4) is 0 Å². The molecule has 1 aromatic rings. The first-order valence-electron chi connectivity index (χ1n) is 8.09. The van der Waals surface area contributed by atoms with Crippen molar-refractivity contribution < 1.29 is 4.79 Å². The molecule has 1 aliphatic rings. The van der Waals surface area contributed by atoms with Gasteiger partial charge in [-0.15, -0.1) is 0 Å². The van der Waals surface area contributed by atoms with Gasteiger partial charge >= 0.3 is 0 Å². The molecule has 1 amide bonds. The van der Waals surface area contributed by atoms with Gasteiger partial charge in [0, 0.05) is 24.7 Å². The summed E-state index contributed by atoms with van der Waals surface area (Å²) in [7, 11) is 0. The lowest BCUT2D eigenvalue weighted by molar-refractivity contribution is -0.114. The van der Waals surface area contributed by atoms with Crippen molar-refractivity contribution >= 4 is 11.6 Å². The second-order valence-corrected chi connectivity index (χ2v) is 6.66. The average molecular weight is 288 g/mol. The molecular formula is C18H28N2O. The Morgan fingerprint density at radius 2 is 2.00 bits per heavy atom. The third-order valence-electron chi connectivity index (χ3n) is 4.79. The zero-order valence-corrected chi connectivity index (χ0v) is 13.6. The van der Waals surface area contributed by atoms with Crippen LogP contribution in [0.4, 0.5) is 5.69 Å². The molecule has 0 heterocycles. The van der Waals surface area contributed by atoms with E-state index in [0.717, 1.165) is 17.5 Å². The topological polar surface area (TPSA) is 41.1 Å². The van der Waals surface area contributed by atoms with Crippen molar-refractivity contribution in [3.63, 3.8) is 0 Å². The predicted octanol–water partition coefficient (Wildman–Crippen LogP) is 4.12. The smallest absolute Gasteiger partial charge is 0.221 e. The highest BCUT2D eigenvalue weighted by Gasteiger charge is 2.25. The summed E-state index contributed by atoms with van der Waals surface area (Å²) in [5, 5.41) is 6.60. The van der Waals surface area contributed by atoms with Crippen LogP contribution in [0, 0.1) is 11.8 Å². The zero-order valence-electron chi connectivity index (χ0n) is 13.6. The van der Waals surface area contributed by atoms with Gasteiger partial charge in [0.2, 0.25) is 5.91 Å². The summed E-state index contributed by atoms with van der Waals surface area (Å²) in [6.45, 7) is 8.47. The number of hydrogen-bond donors (Lipinski definition) is 2. The molecule has 4 atom stereocenters. The second kappa shape index (κ2) is 7.08. The maximum absolute atomic E-state index is 11.2. The fourth-order valence-electron chi connectivity index (χ4n) is 3.24. The molecule has 0 spiro atoms. The summed E-state index contributed by atoms with van der Waals surface area (Å²) in [5.74, 6) is 1.62. The molecule has 3 heteroatoms. The van der Waals surface area contributed by atoms with E-state index < -0.39 is 0 Å². The predicted molar refractivity (Wildman–Crippen MR) is 88.3 cm³/mol. The Morgan fingerprint density at radius 1 is 1.24 bits per heavy atom. The molecule has 2 rings (SSSR count). The lowest BCUT2D eigenvalue weighted by Gasteiger charge is -2.34. The Kier molecular flexibility index (Phi) is 5.40. The summed E-state index contributed by atoms with van der Waals surface area (Å²) in [4.78, 5) is 11.2. The lowest BCUT2D eigenvalue weighted by Crippen LogP contribution is -2.37. The number of anilines is 1. The second-order valence-electron chi connectivity index (χ2n) is 6.66. The van der Waals surface area contributed by atoms with Crippen LogP contribution >= 0.6 is 0 Å². The van der Waals surface area contributed by atoms with Gasteiger partial charge in [-0.3, -0.25) is 4.79 Å². The number of hydrogen-bond acceptors (Lipinski definition) is 2. The highest BCUT2D eigenvalue weighted by atomic mass is 16.1. The normalized spacial score (nSPS) is 27.1. The van der Waals surface area contributed by atoms with E-state index in [1.807, 2.05) is 12.1 Å². The van der Waals surface area contributed by atoms with Gasteiger partial charge in [0.05, 0.1) is 0 Å². The SMILES string of the molecule is CC(=O)Nc1cccc(C(C)NC2CCC(C)C(C)C2)c1. The van der Waals surface area contributed by atoms with Crippen LogP contribution in [-0.2, 0) is 4.79 Å². The van der Waals surface area contributed by atoms with Crippen LogP contribution in [0.25, 0.3) is 0 Å². The summed E-state index contributed by atoms with van der Waals surface area (Å²) < 4.78 is 0. The highest BCUT2D eigenvalue weighted by Crippen LogP contribution is 2.30. The van der Waals surface area contributed by atoms with Gasteiger partial charge in [0.25, 0.3) is 0 Å². The van der Waals surface area contributed by atoms with Crippen LogP contribution in [-0.4, -0.2) is 11.9 Å². The first kappa shape index (κ1) is 16.0. The summed E-state index contributed by atoms with van der Waals surface area (Å²) in [6.07, 6.45) is 3.84. The zero-order chi connectivity index (χ0) is 15.4. The molecule has 3 nitrogen and oxygen atoms in total. The summed E-state index contributed by atoms with van der Waals surface area (Å²) >= 11 is 0. The molecule has 0 bridgehead atoms. The van der Waals surface area contributed by atoms with Gasteiger partial charge in [-0.1, -0.05) is 26.0 Å². The molecule has 2 N–H and O–H groups in total. The number of nitrogens with one attached hydrogen (secondary N) is 2. The molecule has 0 radical (unpaired) electrons. The number of carbonyl (C=O) groups excluding carboxylic acids is 1. The number of carbonyl (C=O) groups is 1. The minimum absolute atomic E-state index is 0.0251. The Balaban J connectivity index is 1.96. The van der Waals surface area contributed by atoms with Gasteiger partial charge in [-0.05, 0) is 55.7 Å². The quantitative estimate of drug-likeness (QED) is 0.875. The van der Waals surface area contributed by atoms with Crippen molar-refractivity contribution in [2.45, 2.75) is 59.0 Å². The Morgan fingerprint density at radius 3 is 2.67 bits per heavy atom. The number of amides is 1. The van der Waals surface area contributed by atoms with Crippen molar-refractivity contribution in [2.75, 3.05) is 5.32 Å². The van der Waals surface area contributed by atoms with E-state index in [1.165, 1.54) is 24.8 Å². The van der Waals surface area contributed by atoms with Crippen LogP contribution in [0.1, 0.15) is 58.6 Å². The third kappa shape index (κ3) is 4.57. The molecular weight excluding hydrogens is 260 g/mol. The summed E-state index contributed by atoms with van der Waals surface area (Å²) in [5.41, 5.74) is 2.10. The standard InChI is InChI=1S/C18H28N2O/c1-12-8-9-18(10-13(12)2)19-14(3)16-6-5-7-17(11-16)20-15(4)21/h5-7,11-14,18-19H,8-10H2,1-4H3,(H,20,21). The molecule has 1 aliphatic carbocycles.